The molecule has 0 aliphatic carbocycles. The lowest BCUT2D eigenvalue weighted by Crippen LogP contribution is -2.54. The van der Waals surface area contributed by atoms with E-state index in [0.29, 0.717) is 37.9 Å². The van der Waals surface area contributed by atoms with Crippen LogP contribution in [0.15, 0.2) is 24.3 Å². The summed E-state index contributed by atoms with van der Waals surface area (Å²) < 4.78 is 11.1. The third-order valence-corrected chi connectivity index (χ3v) is 5.25. The maximum Gasteiger partial charge on any atom is 0.246 e. The van der Waals surface area contributed by atoms with Gasteiger partial charge in [-0.25, -0.2) is 0 Å². The van der Waals surface area contributed by atoms with Crippen LogP contribution >= 0.6 is 0 Å². The summed E-state index contributed by atoms with van der Waals surface area (Å²) in [7, 11) is 1.59. The number of methoxy groups -OCH3 is 1. The fourth-order valence-corrected chi connectivity index (χ4v) is 3.65. The van der Waals surface area contributed by atoms with Gasteiger partial charge in [-0.15, -0.1) is 0 Å². The average molecular weight is 375 g/mol. The second-order valence-electron chi connectivity index (χ2n) is 7.32. The van der Waals surface area contributed by atoms with Crippen LogP contribution in [0.25, 0.3) is 0 Å². The Kier molecular flexibility index (Phi) is 6.34. The molecule has 0 saturated carbocycles. The third kappa shape index (κ3) is 4.59. The first-order valence-corrected chi connectivity index (χ1v) is 9.56. The summed E-state index contributed by atoms with van der Waals surface area (Å²) in [6.45, 7) is 7.70. The predicted molar refractivity (Wildman–Crippen MR) is 103 cm³/mol. The molecule has 2 saturated heterocycles. The van der Waals surface area contributed by atoms with Crippen molar-refractivity contribution >= 4 is 17.5 Å². The van der Waals surface area contributed by atoms with E-state index in [-0.39, 0.29) is 24.5 Å². The molecule has 1 aromatic carbocycles. The molecule has 0 aromatic heterocycles. The molecular formula is C20H29N3O4. The van der Waals surface area contributed by atoms with E-state index < -0.39 is 0 Å². The van der Waals surface area contributed by atoms with E-state index in [1.54, 1.807) is 16.9 Å². The van der Waals surface area contributed by atoms with Crippen molar-refractivity contribution in [3.63, 3.8) is 0 Å². The van der Waals surface area contributed by atoms with Gasteiger partial charge in [-0.1, -0.05) is 12.1 Å². The molecule has 1 aromatic rings. The number of morpholine rings is 1. The van der Waals surface area contributed by atoms with Gasteiger partial charge in [0.2, 0.25) is 11.8 Å². The minimum Gasteiger partial charge on any atom is -0.495 e. The molecule has 2 fully saturated rings. The minimum atomic E-state index is -0.101. The highest BCUT2D eigenvalue weighted by molar-refractivity contribution is 5.99. The zero-order chi connectivity index (χ0) is 19.4. The van der Waals surface area contributed by atoms with Crippen LogP contribution in [0, 0.1) is 0 Å². The van der Waals surface area contributed by atoms with Crippen LogP contribution in [0.4, 0.5) is 5.69 Å². The van der Waals surface area contributed by atoms with E-state index in [2.05, 4.69) is 18.7 Å². The first-order valence-electron chi connectivity index (χ1n) is 9.56. The molecule has 0 spiro atoms. The lowest BCUT2D eigenvalue weighted by atomic mass is 10.1. The van der Waals surface area contributed by atoms with E-state index in [1.165, 1.54) is 0 Å². The lowest BCUT2D eigenvalue weighted by Gasteiger charge is -2.38. The first-order chi connectivity index (χ1) is 13.0. The Labute approximate surface area is 160 Å². The molecule has 3 rings (SSSR count). The van der Waals surface area contributed by atoms with Crippen LogP contribution in [0.5, 0.6) is 5.75 Å². The van der Waals surface area contributed by atoms with Crippen molar-refractivity contribution in [2.75, 3.05) is 51.3 Å². The van der Waals surface area contributed by atoms with Gasteiger partial charge in [0.15, 0.2) is 0 Å². The fraction of sp³-hybridized carbons (Fsp3) is 0.600. The summed E-state index contributed by atoms with van der Waals surface area (Å²) in [5.41, 5.74) is 0.750. The molecule has 148 valence electrons. The van der Waals surface area contributed by atoms with Crippen molar-refractivity contribution in [1.29, 1.82) is 0 Å². The summed E-state index contributed by atoms with van der Waals surface area (Å²) in [5.74, 6) is 0.557. The van der Waals surface area contributed by atoms with E-state index in [1.807, 2.05) is 24.3 Å². The Morgan fingerprint density at radius 2 is 2.04 bits per heavy atom. The van der Waals surface area contributed by atoms with Crippen LogP contribution in [0.2, 0.25) is 0 Å². The highest BCUT2D eigenvalue weighted by atomic mass is 16.5. The standard InChI is InChI=1S/C20H29N3O4/c1-15(2)21-10-11-27-16(13-21)12-19(24)22-8-9-23(20(25)14-22)17-6-4-5-7-18(17)26-3/h4-7,15-16H,8-14H2,1-3H3. The smallest absolute Gasteiger partial charge is 0.246 e. The Balaban J connectivity index is 1.57. The van der Waals surface area contributed by atoms with Gasteiger partial charge in [0.1, 0.15) is 12.3 Å². The van der Waals surface area contributed by atoms with Gasteiger partial charge in [0.25, 0.3) is 0 Å². The van der Waals surface area contributed by atoms with Gasteiger partial charge in [-0.3, -0.25) is 14.5 Å². The van der Waals surface area contributed by atoms with Crippen LogP contribution < -0.4 is 9.64 Å². The topological polar surface area (TPSA) is 62.3 Å². The number of carbonyl (C=O) groups is 2. The first kappa shape index (κ1) is 19.6. The molecule has 1 unspecified atom stereocenters. The van der Waals surface area contributed by atoms with E-state index >= 15 is 0 Å². The van der Waals surface area contributed by atoms with E-state index in [9.17, 15) is 9.59 Å². The highest BCUT2D eigenvalue weighted by Crippen LogP contribution is 2.29. The van der Waals surface area contributed by atoms with Gasteiger partial charge in [0.05, 0.1) is 31.9 Å². The summed E-state index contributed by atoms with van der Waals surface area (Å²) in [5, 5.41) is 0. The number of hydrogen-bond donors (Lipinski definition) is 0. The Bertz CT molecular complexity index is 679. The van der Waals surface area contributed by atoms with Crippen LogP contribution in [-0.4, -0.2) is 80.2 Å². The summed E-state index contributed by atoms with van der Waals surface area (Å²) in [6, 6.07) is 7.89. The molecule has 7 heteroatoms. The number of para-hydroxylation sites is 2. The molecular weight excluding hydrogens is 346 g/mol. The van der Waals surface area contributed by atoms with Crippen molar-refractivity contribution in [2.24, 2.45) is 0 Å². The van der Waals surface area contributed by atoms with Gasteiger partial charge in [-0.2, -0.15) is 0 Å². The molecule has 0 bridgehead atoms. The van der Waals surface area contributed by atoms with Crippen LogP contribution in [0.3, 0.4) is 0 Å². The maximum absolute atomic E-state index is 12.7. The fourth-order valence-electron chi connectivity index (χ4n) is 3.65. The lowest BCUT2D eigenvalue weighted by molar-refractivity contribution is -0.141. The quantitative estimate of drug-likeness (QED) is 0.778. The maximum atomic E-state index is 12.7. The van der Waals surface area contributed by atoms with Crippen molar-refractivity contribution in [3.8, 4) is 5.75 Å². The number of benzene rings is 1. The molecule has 27 heavy (non-hydrogen) atoms. The largest absolute Gasteiger partial charge is 0.495 e. The molecule has 7 nitrogen and oxygen atoms in total. The van der Waals surface area contributed by atoms with Crippen LogP contribution in [0.1, 0.15) is 20.3 Å². The van der Waals surface area contributed by atoms with Crippen molar-refractivity contribution in [1.82, 2.24) is 9.80 Å². The molecule has 2 amide bonds. The molecule has 0 N–H and O–H groups in total. The second-order valence-corrected chi connectivity index (χ2v) is 7.32. The van der Waals surface area contributed by atoms with Gasteiger partial charge < -0.3 is 19.3 Å². The number of hydrogen-bond acceptors (Lipinski definition) is 5. The number of nitrogens with zero attached hydrogens (tertiary/aromatic N) is 3. The molecule has 1 atom stereocenters. The number of piperazine rings is 1. The number of ether oxygens (including phenoxy) is 2. The highest BCUT2D eigenvalue weighted by Gasteiger charge is 2.32. The predicted octanol–water partition coefficient (Wildman–Crippen LogP) is 1.37. The monoisotopic (exact) mass is 375 g/mol. The second kappa shape index (κ2) is 8.71. The average Bonchev–Trinajstić information content (AvgIpc) is 2.68. The van der Waals surface area contributed by atoms with E-state index in [4.69, 9.17) is 9.47 Å². The number of carbonyl (C=O) groups excluding carboxylic acids is 2. The minimum absolute atomic E-state index is 0.0152. The molecule has 2 aliphatic rings. The number of amides is 2. The Morgan fingerprint density at radius 1 is 1.26 bits per heavy atom. The SMILES string of the molecule is COc1ccccc1N1CCN(C(=O)CC2CN(C(C)C)CCO2)CC1=O. The number of anilines is 1. The third-order valence-electron chi connectivity index (χ3n) is 5.25. The molecule has 2 aliphatic heterocycles. The zero-order valence-corrected chi connectivity index (χ0v) is 16.4. The molecule has 2 heterocycles. The summed E-state index contributed by atoms with van der Waals surface area (Å²) in [6.07, 6.45) is 0.224. The summed E-state index contributed by atoms with van der Waals surface area (Å²) >= 11 is 0. The zero-order valence-electron chi connectivity index (χ0n) is 16.4. The Hall–Kier alpha value is -2.12. The number of rotatable bonds is 5. The van der Waals surface area contributed by atoms with E-state index in [0.717, 1.165) is 18.8 Å². The van der Waals surface area contributed by atoms with Crippen molar-refractivity contribution in [3.05, 3.63) is 24.3 Å². The summed E-state index contributed by atoms with van der Waals surface area (Å²) in [4.78, 5) is 31.0. The van der Waals surface area contributed by atoms with Gasteiger partial charge >= 0.3 is 0 Å². The van der Waals surface area contributed by atoms with Crippen molar-refractivity contribution in [2.45, 2.75) is 32.4 Å². The normalized spacial score (nSPS) is 21.6. The van der Waals surface area contributed by atoms with Gasteiger partial charge in [0, 0.05) is 32.2 Å². The Morgan fingerprint density at radius 3 is 2.74 bits per heavy atom. The van der Waals surface area contributed by atoms with Gasteiger partial charge in [-0.05, 0) is 26.0 Å². The molecule has 0 radical (unpaired) electrons. The van der Waals surface area contributed by atoms with Crippen LogP contribution in [-0.2, 0) is 14.3 Å². The van der Waals surface area contributed by atoms with Crippen molar-refractivity contribution < 1.29 is 19.1 Å².